The molecule has 4 heteroatoms. The minimum absolute atomic E-state index is 0.191. The molecule has 1 aliphatic heterocycles. The van der Waals surface area contributed by atoms with E-state index in [1.807, 2.05) is 36.4 Å². The Morgan fingerprint density at radius 3 is 2.71 bits per heavy atom. The van der Waals surface area contributed by atoms with Crippen LogP contribution in [-0.2, 0) is 16.0 Å². The maximum Gasteiger partial charge on any atom is 0.146 e. The first-order valence-corrected chi connectivity index (χ1v) is 7.39. The van der Waals surface area contributed by atoms with Crippen LogP contribution in [0.2, 0.25) is 0 Å². The number of pyridine rings is 1. The summed E-state index contributed by atoms with van der Waals surface area (Å²) in [5.41, 5.74) is 7.21. The molecule has 1 aromatic heterocycles. The molecule has 1 saturated heterocycles. The van der Waals surface area contributed by atoms with E-state index >= 15 is 0 Å². The summed E-state index contributed by atoms with van der Waals surface area (Å²) in [6.07, 6.45) is 1.79. The number of carbonyl (C=O) groups is 1. The van der Waals surface area contributed by atoms with Gasteiger partial charge in [-0.2, -0.15) is 0 Å². The fourth-order valence-corrected chi connectivity index (χ4v) is 2.92. The highest BCUT2D eigenvalue weighted by atomic mass is 16.5. The van der Waals surface area contributed by atoms with Crippen LogP contribution in [-0.4, -0.2) is 30.5 Å². The minimum Gasteiger partial charge on any atom is -0.381 e. The Kier molecular flexibility index (Phi) is 3.99. The first-order valence-electron chi connectivity index (χ1n) is 7.39. The number of rotatable bonds is 4. The zero-order valence-corrected chi connectivity index (χ0v) is 12.0. The summed E-state index contributed by atoms with van der Waals surface area (Å²) in [5.74, 6) is 0.191. The molecule has 0 unspecified atom stereocenters. The molecule has 1 fully saturated rings. The Labute approximate surface area is 124 Å². The molecule has 1 aliphatic rings. The van der Waals surface area contributed by atoms with Crippen molar-refractivity contribution >= 4 is 16.7 Å². The summed E-state index contributed by atoms with van der Waals surface area (Å²) in [7, 11) is 0. The molecule has 0 atom stereocenters. The third-order valence-electron chi connectivity index (χ3n) is 4.43. The number of nitrogens with two attached hydrogens (primary N) is 1. The third-order valence-corrected chi connectivity index (χ3v) is 4.43. The number of nitrogens with zero attached hydrogens (tertiary/aromatic N) is 1. The van der Waals surface area contributed by atoms with Gasteiger partial charge in [-0.15, -0.1) is 0 Å². The summed E-state index contributed by atoms with van der Waals surface area (Å²) in [4.78, 5) is 17.3. The molecule has 3 rings (SSSR count). The molecule has 0 spiro atoms. The highest BCUT2D eigenvalue weighted by molar-refractivity contribution is 5.87. The minimum atomic E-state index is -0.425. The Morgan fingerprint density at radius 1 is 1.19 bits per heavy atom. The molecule has 0 aliphatic carbocycles. The van der Waals surface area contributed by atoms with Gasteiger partial charge in [-0.3, -0.25) is 9.78 Å². The predicted molar refractivity (Wildman–Crippen MR) is 82.0 cm³/mol. The first kappa shape index (κ1) is 14.2. The summed E-state index contributed by atoms with van der Waals surface area (Å²) in [6.45, 7) is 1.63. The highest BCUT2D eigenvalue weighted by Gasteiger charge is 2.38. The summed E-state index contributed by atoms with van der Waals surface area (Å²) in [6, 6.07) is 11.9. The van der Waals surface area contributed by atoms with Crippen molar-refractivity contribution in [3.63, 3.8) is 0 Å². The molecule has 21 heavy (non-hydrogen) atoms. The fraction of sp³-hybridized carbons (Fsp3) is 0.412. The van der Waals surface area contributed by atoms with Gasteiger partial charge in [0, 0.05) is 42.7 Å². The lowest BCUT2D eigenvalue weighted by Crippen LogP contribution is -2.44. The second-order valence-electron chi connectivity index (χ2n) is 5.69. The fourth-order valence-electron chi connectivity index (χ4n) is 2.92. The number of hydrogen-bond donors (Lipinski definition) is 1. The number of ketones is 1. The van der Waals surface area contributed by atoms with Crippen molar-refractivity contribution in [3.8, 4) is 0 Å². The van der Waals surface area contributed by atoms with Crippen molar-refractivity contribution in [2.75, 3.05) is 19.8 Å². The third kappa shape index (κ3) is 2.82. The van der Waals surface area contributed by atoms with Crippen molar-refractivity contribution in [1.29, 1.82) is 0 Å². The zero-order chi connectivity index (χ0) is 14.7. The number of carbonyl (C=O) groups excluding carboxylic acids is 1. The first-order chi connectivity index (χ1) is 10.2. The van der Waals surface area contributed by atoms with Gasteiger partial charge in [0.1, 0.15) is 5.78 Å². The van der Waals surface area contributed by atoms with Crippen molar-refractivity contribution in [2.45, 2.75) is 19.3 Å². The second kappa shape index (κ2) is 5.92. The van der Waals surface area contributed by atoms with Crippen LogP contribution in [0.25, 0.3) is 10.9 Å². The summed E-state index contributed by atoms with van der Waals surface area (Å²) < 4.78 is 5.36. The molecular weight excluding hydrogens is 264 g/mol. The maximum atomic E-state index is 12.7. The number of para-hydroxylation sites is 1. The molecule has 4 nitrogen and oxygen atoms in total. The molecule has 2 aromatic rings. The molecule has 110 valence electrons. The van der Waals surface area contributed by atoms with Crippen LogP contribution in [0, 0.1) is 5.41 Å². The van der Waals surface area contributed by atoms with Crippen molar-refractivity contribution in [2.24, 2.45) is 11.1 Å². The van der Waals surface area contributed by atoms with Crippen LogP contribution < -0.4 is 5.73 Å². The Hall–Kier alpha value is -1.78. The van der Waals surface area contributed by atoms with Gasteiger partial charge in [0.05, 0.1) is 5.52 Å². The van der Waals surface area contributed by atoms with Gasteiger partial charge in [-0.25, -0.2) is 0 Å². The van der Waals surface area contributed by atoms with E-state index in [-0.39, 0.29) is 5.78 Å². The molecule has 2 heterocycles. The lowest BCUT2D eigenvalue weighted by molar-refractivity contribution is -0.132. The Bertz CT molecular complexity index is 648. The quantitative estimate of drug-likeness (QED) is 0.933. The smallest absolute Gasteiger partial charge is 0.146 e. The molecule has 0 amide bonds. The van der Waals surface area contributed by atoms with Crippen molar-refractivity contribution in [1.82, 2.24) is 4.98 Å². The molecule has 0 saturated carbocycles. The van der Waals surface area contributed by atoms with Crippen LogP contribution in [0.4, 0.5) is 0 Å². The van der Waals surface area contributed by atoms with Gasteiger partial charge in [0.15, 0.2) is 0 Å². The van der Waals surface area contributed by atoms with Crippen molar-refractivity contribution < 1.29 is 9.53 Å². The summed E-state index contributed by atoms with van der Waals surface area (Å²) in [5, 5.41) is 1.09. The van der Waals surface area contributed by atoms with Gasteiger partial charge in [-0.1, -0.05) is 24.3 Å². The zero-order valence-electron chi connectivity index (χ0n) is 12.0. The predicted octanol–water partition coefficient (Wildman–Crippen LogP) is 2.10. The monoisotopic (exact) mass is 284 g/mol. The van der Waals surface area contributed by atoms with E-state index in [9.17, 15) is 4.79 Å². The molecule has 0 radical (unpaired) electrons. The van der Waals surface area contributed by atoms with Gasteiger partial charge in [-0.05, 0) is 25.0 Å². The van der Waals surface area contributed by atoms with E-state index in [2.05, 4.69) is 4.98 Å². The number of Topliss-reactive ketones (excluding diaryl/α,β-unsaturated/α-hetero) is 1. The van der Waals surface area contributed by atoms with Crippen LogP contribution in [0.5, 0.6) is 0 Å². The molecule has 1 aromatic carbocycles. The molecule has 2 N–H and O–H groups in total. The molecule has 0 bridgehead atoms. The van der Waals surface area contributed by atoms with Gasteiger partial charge in [0.2, 0.25) is 0 Å². The number of fused-ring (bicyclic) bond motifs is 1. The number of aromatic nitrogens is 1. The van der Waals surface area contributed by atoms with Crippen LogP contribution in [0.15, 0.2) is 36.4 Å². The van der Waals surface area contributed by atoms with Gasteiger partial charge < -0.3 is 10.5 Å². The average molecular weight is 284 g/mol. The van der Waals surface area contributed by atoms with E-state index < -0.39 is 5.41 Å². The maximum absolute atomic E-state index is 12.7. The number of benzene rings is 1. The standard InChI is InChI=1S/C17H20N2O2/c18-12-17(7-9-21-10-8-17)16(20)11-14-6-5-13-3-1-2-4-15(13)19-14/h1-6H,7-12,18H2. The van der Waals surface area contributed by atoms with E-state index in [4.69, 9.17) is 10.5 Å². The lowest BCUT2D eigenvalue weighted by Gasteiger charge is -2.34. The highest BCUT2D eigenvalue weighted by Crippen LogP contribution is 2.31. The van der Waals surface area contributed by atoms with E-state index in [1.165, 1.54) is 0 Å². The topological polar surface area (TPSA) is 65.2 Å². The summed E-state index contributed by atoms with van der Waals surface area (Å²) >= 11 is 0. The lowest BCUT2D eigenvalue weighted by atomic mass is 9.75. The largest absolute Gasteiger partial charge is 0.381 e. The second-order valence-corrected chi connectivity index (χ2v) is 5.69. The average Bonchev–Trinajstić information content (AvgIpc) is 2.55. The van der Waals surface area contributed by atoms with E-state index in [1.54, 1.807) is 0 Å². The Balaban J connectivity index is 1.81. The van der Waals surface area contributed by atoms with Crippen molar-refractivity contribution in [3.05, 3.63) is 42.1 Å². The van der Waals surface area contributed by atoms with E-state index in [0.29, 0.717) is 26.2 Å². The molecular formula is C17H20N2O2. The Morgan fingerprint density at radius 2 is 1.95 bits per heavy atom. The normalized spacial score (nSPS) is 17.8. The number of hydrogen-bond acceptors (Lipinski definition) is 4. The van der Waals surface area contributed by atoms with E-state index in [0.717, 1.165) is 29.4 Å². The van der Waals surface area contributed by atoms with Gasteiger partial charge >= 0.3 is 0 Å². The number of ether oxygens (including phenoxy) is 1. The van der Waals surface area contributed by atoms with Crippen LogP contribution in [0.3, 0.4) is 0 Å². The van der Waals surface area contributed by atoms with Gasteiger partial charge in [0.25, 0.3) is 0 Å². The SMILES string of the molecule is NCC1(C(=O)Cc2ccc3ccccc3n2)CCOCC1. The van der Waals surface area contributed by atoms with Crippen LogP contribution in [0.1, 0.15) is 18.5 Å². The van der Waals surface area contributed by atoms with Crippen LogP contribution >= 0.6 is 0 Å².